The molecule has 1 fully saturated rings. The van der Waals surface area contributed by atoms with Crippen LogP contribution in [0.2, 0.25) is 5.02 Å². The molecular weight excluding hydrogens is 560 g/mol. The maximum absolute atomic E-state index is 13.6. The van der Waals surface area contributed by atoms with E-state index in [-0.39, 0.29) is 31.4 Å². The zero-order chi connectivity index (χ0) is 30.1. The second kappa shape index (κ2) is 12.0. The SMILES string of the molecule is CCc1cc(Cl)cc(CC)c1NC(=O)CN1C[C@H](c2ccc3c(c2C)OCO3)C(C(=O)O)[C@@H]1c1ccc(C(=O)O)cc1. The molecule has 1 unspecified atom stereocenters. The fourth-order valence-corrected chi connectivity index (χ4v) is 6.53. The van der Waals surface area contributed by atoms with Crippen LogP contribution in [0.15, 0.2) is 48.5 Å². The first-order valence-electron chi connectivity index (χ1n) is 13.9. The molecule has 3 aromatic rings. The van der Waals surface area contributed by atoms with E-state index in [4.69, 9.17) is 21.1 Å². The summed E-state index contributed by atoms with van der Waals surface area (Å²) in [6.07, 6.45) is 1.36. The molecule has 1 amide bonds. The van der Waals surface area contributed by atoms with Crippen LogP contribution in [0, 0.1) is 12.8 Å². The third-order valence-corrected chi connectivity index (χ3v) is 8.47. The zero-order valence-electron chi connectivity index (χ0n) is 23.6. The molecule has 0 bridgehead atoms. The first kappa shape index (κ1) is 29.4. The molecule has 1 saturated heterocycles. The van der Waals surface area contributed by atoms with Crippen LogP contribution in [0.5, 0.6) is 11.5 Å². The largest absolute Gasteiger partial charge is 0.481 e. The average molecular weight is 593 g/mol. The minimum atomic E-state index is -1.07. The molecule has 5 rings (SSSR count). The van der Waals surface area contributed by atoms with E-state index in [2.05, 4.69) is 5.32 Å². The summed E-state index contributed by atoms with van der Waals surface area (Å²) in [5.74, 6) is -2.54. The van der Waals surface area contributed by atoms with Crippen LogP contribution < -0.4 is 14.8 Å². The smallest absolute Gasteiger partial charge is 0.335 e. The molecule has 42 heavy (non-hydrogen) atoms. The number of hydrogen-bond donors (Lipinski definition) is 3. The maximum atomic E-state index is 13.6. The molecule has 3 atom stereocenters. The Kier molecular flexibility index (Phi) is 8.43. The number of nitrogens with zero attached hydrogens (tertiary/aromatic N) is 1. The number of benzene rings is 3. The van der Waals surface area contributed by atoms with E-state index in [1.807, 2.05) is 43.9 Å². The molecule has 10 heteroatoms. The van der Waals surface area contributed by atoms with E-state index in [0.717, 1.165) is 27.9 Å². The summed E-state index contributed by atoms with van der Waals surface area (Å²) in [6, 6.07) is 12.8. The minimum absolute atomic E-state index is 0.0653. The van der Waals surface area contributed by atoms with Crippen LogP contribution in [0.4, 0.5) is 5.69 Å². The van der Waals surface area contributed by atoms with Gasteiger partial charge in [-0.25, -0.2) is 4.79 Å². The Morgan fingerprint density at radius 1 is 1.00 bits per heavy atom. The van der Waals surface area contributed by atoms with E-state index >= 15 is 0 Å². The van der Waals surface area contributed by atoms with Crippen LogP contribution >= 0.6 is 11.6 Å². The number of aliphatic carboxylic acids is 1. The van der Waals surface area contributed by atoms with Gasteiger partial charge in [0.2, 0.25) is 12.7 Å². The number of hydrogen-bond acceptors (Lipinski definition) is 6. The lowest BCUT2D eigenvalue weighted by Crippen LogP contribution is -2.35. The summed E-state index contributed by atoms with van der Waals surface area (Å²) in [7, 11) is 0. The summed E-state index contributed by atoms with van der Waals surface area (Å²) in [5.41, 5.74) is 4.90. The van der Waals surface area contributed by atoms with Crippen molar-refractivity contribution >= 4 is 35.1 Å². The first-order valence-corrected chi connectivity index (χ1v) is 14.3. The third kappa shape index (κ3) is 5.54. The van der Waals surface area contributed by atoms with Gasteiger partial charge < -0.3 is 25.0 Å². The summed E-state index contributed by atoms with van der Waals surface area (Å²) in [4.78, 5) is 39.9. The highest BCUT2D eigenvalue weighted by molar-refractivity contribution is 6.30. The molecule has 9 nitrogen and oxygen atoms in total. The van der Waals surface area contributed by atoms with Crippen molar-refractivity contribution < 1.29 is 34.1 Å². The summed E-state index contributed by atoms with van der Waals surface area (Å²) >= 11 is 6.31. The highest BCUT2D eigenvalue weighted by atomic mass is 35.5. The number of halogens is 1. The summed E-state index contributed by atoms with van der Waals surface area (Å²) in [5, 5.41) is 23.7. The van der Waals surface area contributed by atoms with Crippen LogP contribution in [0.1, 0.15) is 64.0 Å². The average Bonchev–Trinajstić information content (AvgIpc) is 3.59. The van der Waals surface area contributed by atoms with Gasteiger partial charge in [-0.15, -0.1) is 0 Å². The number of aromatic carboxylic acids is 1. The van der Waals surface area contributed by atoms with Crippen LogP contribution in [0.3, 0.4) is 0 Å². The molecule has 0 spiro atoms. The third-order valence-electron chi connectivity index (χ3n) is 8.25. The van der Waals surface area contributed by atoms with Gasteiger partial charge in [0.25, 0.3) is 0 Å². The molecule has 220 valence electrons. The van der Waals surface area contributed by atoms with Crippen molar-refractivity contribution in [3.05, 3.63) is 86.9 Å². The number of aryl methyl sites for hydroxylation is 2. The maximum Gasteiger partial charge on any atom is 0.335 e. The van der Waals surface area contributed by atoms with Gasteiger partial charge in [0.1, 0.15) is 0 Å². The van der Waals surface area contributed by atoms with Crippen LogP contribution in [-0.2, 0) is 22.4 Å². The van der Waals surface area contributed by atoms with Gasteiger partial charge in [-0.3, -0.25) is 14.5 Å². The van der Waals surface area contributed by atoms with E-state index in [1.54, 1.807) is 18.2 Å². The summed E-state index contributed by atoms with van der Waals surface area (Å²) < 4.78 is 11.2. The van der Waals surface area contributed by atoms with E-state index in [9.17, 15) is 24.6 Å². The number of ether oxygens (including phenoxy) is 2. The van der Waals surface area contributed by atoms with Crippen molar-refractivity contribution in [1.29, 1.82) is 0 Å². The zero-order valence-corrected chi connectivity index (χ0v) is 24.4. The number of anilines is 1. The van der Waals surface area contributed by atoms with Gasteiger partial charge in [-0.05, 0) is 77.9 Å². The second-order valence-electron chi connectivity index (χ2n) is 10.6. The number of nitrogens with one attached hydrogen (secondary N) is 1. The Morgan fingerprint density at radius 2 is 1.67 bits per heavy atom. The molecule has 0 saturated carbocycles. The van der Waals surface area contributed by atoms with Gasteiger partial charge in [-0.2, -0.15) is 0 Å². The van der Waals surface area contributed by atoms with Gasteiger partial charge in [-0.1, -0.05) is 43.6 Å². The molecule has 0 aliphatic carbocycles. The number of carbonyl (C=O) groups is 3. The topological polar surface area (TPSA) is 125 Å². The quantitative estimate of drug-likeness (QED) is 0.290. The Hall–Kier alpha value is -4.08. The number of amides is 1. The van der Waals surface area contributed by atoms with Crippen LogP contribution in [0.25, 0.3) is 0 Å². The minimum Gasteiger partial charge on any atom is -0.481 e. The Balaban J connectivity index is 1.52. The lowest BCUT2D eigenvalue weighted by Gasteiger charge is -2.27. The highest BCUT2D eigenvalue weighted by Gasteiger charge is 2.48. The number of carboxylic acid groups (broad SMARTS) is 2. The first-order chi connectivity index (χ1) is 20.1. The Labute approximate surface area is 249 Å². The van der Waals surface area contributed by atoms with Gasteiger partial charge >= 0.3 is 11.9 Å². The van der Waals surface area contributed by atoms with E-state index in [1.165, 1.54) is 12.1 Å². The molecule has 0 radical (unpaired) electrons. The van der Waals surface area contributed by atoms with Crippen molar-refractivity contribution in [2.24, 2.45) is 5.92 Å². The van der Waals surface area contributed by atoms with E-state index in [0.29, 0.717) is 34.9 Å². The van der Waals surface area contributed by atoms with Crippen molar-refractivity contribution in [3.8, 4) is 11.5 Å². The van der Waals surface area contributed by atoms with Crippen molar-refractivity contribution in [3.63, 3.8) is 0 Å². The van der Waals surface area contributed by atoms with Gasteiger partial charge in [0.15, 0.2) is 11.5 Å². The molecule has 3 aromatic carbocycles. The number of rotatable bonds is 9. The molecule has 2 aliphatic rings. The molecule has 0 aromatic heterocycles. The van der Waals surface area contributed by atoms with Crippen molar-refractivity contribution in [1.82, 2.24) is 4.90 Å². The second-order valence-corrected chi connectivity index (χ2v) is 11.1. The fourth-order valence-electron chi connectivity index (χ4n) is 6.27. The number of fused-ring (bicyclic) bond motifs is 1. The number of carboxylic acids is 2. The highest BCUT2D eigenvalue weighted by Crippen LogP contribution is 2.49. The number of carbonyl (C=O) groups excluding carboxylic acids is 1. The fraction of sp³-hybridized carbons (Fsp3) is 0.344. The standard InChI is InChI=1S/C32H33ClN2O7/c1-4-18-12-22(33)13-19(5-2)28(18)34-26(36)15-35-14-24(23-10-11-25-30(17(23)3)42-16-41-25)27(32(39)40)29(35)20-6-8-21(9-7-20)31(37)38/h6-13,24,27,29H,4-5,14-16H2,1-3H3,(H,34,36)(H,37,38)(H,39,40)/t24-,27?,29+/m1/s1. The molecular formula is C32H33ClN2O7. The summed E-state index contributed by atoms with van der Waals surface area (Å²) in [6.45, 7) is 6.19. The van der Waals surface area contributed by atoms with Gasteiger partial charge in [0.05, 0.1) is 18.0 Å². The van der Waals surface area contributed by atoms with Gasteiger partial charge in [0, 0.05) is 29.2 Å². The van der Waals surface area contributed by atoms with Crippen molar-refractivity contribution in [2.45, 2.75) is 45.6 Å². The molecule has 3 N–H and O–H groups in total. The molecule has 2 heterocycles. The normalized spacial score (nSPS) is 19.6. The Bertz CT molecular complexity index is 1510. The Morgan fingerprint density at radius 3 is 2.26 bits per heavy atom. The lowest BCUT2D eigenvalue weighted by molar-refractivity contribution is -0.143. The molecule has 2 aliphatic heterocycles. The van der Waals surface area contributed by atoms with Crippen molar-refractivity contribution in [2.75, 3.05) is 25.2 Å². The lowest BCUT2D eigenvalue weighted by atomic mass is 9.81. The predicted octanol–water partition coefficient (Wildman–Crippen LogP) is 5.68. The predicted molar refractivity (Wildman–Crippen MR) is 158 cm³/mol. The monoisotopic (exact) mass is 592 g/mol. The van der Waals surface area contributed by atoms with Crippen LogP contribution in [-0.4, -0.2) is 52.8 Å². The number of likely N-dealkylation sites (tertiary alicyclic amines) is 1. The van der Waals surface area contributed by atoms with E-state index < -0.39 is 29.8 Å².